The van der Waals surface area contributed by atoms with Crippen molar-refractivity contribution < 1.29 is 9.53 Å². The molecule has 1 amide bonds. The molecule has 4 rings (SSSR count). The standard InChI is InChI=1S/C21H22N4O2/c26-21(18-7-2-4-9-20(18)24-12-14-27-15-13-24)22-16-17-6-1-3-8-19(17)25-11-5-10-23-25/h1-11H,12-16H2,(H,22,26). The largest absolute Gasteiger partial charge is 0.378 e. The predicted molar refractivity (Wildman–Crippen MR) is 104 cm³/mol. The van der Waals surface area contributed by atoms with E-state index in [0.717, 1.165) is 30.0 Å². The van der Waals surface area contributed by atoms with Crippen LogP contribution in [0.2, 0.25) is 0 Å². The zero-order valence-corrected chi connectivity index (χ0v) is 15.0. The van der Waals surface area contributed by atoms with Crippen molar-refractivity contribution >= 4 is 11.6 Å². The first-order chi connectivity index (χ1) is 13.3. The number of nitrogens with zero attached hydrogens (tertiary/aromatic N) is 3. The van der Waals surface area contributed by atoms with Gasteiger partial charge in [-0.15, -0.1) is 0 Å². The summed E-state index contributed by atoms with van der Waals surface area (Å²) in [6.07, 6.45) is 3.64. The molecule has 27 heavy (non-hydrogen) atoms. The van der Waals surface area contributed by atoms with Gasteiger partial charge in [-0.05, 0) is 29.8 Å². The first-order valence-corrected chi connectivity index (χ1v) is 9.11. The molecule has 1 N–H and O–H groups in total. The molecular formula is C21H22N4O2. The number of carbonyl (C=O) groups is 1. The van der Waals surface area contributed by atoms with Crippen LogP contribution < -0.4 is 10.2 Å². The van der Waals surface area contributed by atoms with Gasteiger partial charge in [0.25, 0.3) is 5.91 Å². The molecule has 1 aliphatic heterocycles. The average molecular weight is 362 g/mol. The normalized spacial score (nSPS) is 14.1. The van der Waals surface area contributed by atoms with E-state index in [1.54, 1.807) is 6.20 Å². The number of anilines is 1. The highest BCUT2D eigenvalue weighted by molar-refractivity contribution is 5.99. The number of para-hydroxylation sites is 2. The van der Waals surface area contributed by atoms with Gasteiger partial charge < -0.3 is 15.0 Å². The molecule has 3 aromatic rings. The van der Waals surface area contributed by atoms with E-state index in [0.29, 0.717) is 25.3 Å². The van der Waals surface area contributed by atoms with Crippen molar-refractivity contribution in [3.63, 3.8) is 0 Å². The molecule has 6 heteroatoms. The lowest BCUT2D eigenvalue weighted by Crippen LogP contribution is -2.37. The van der Waals surface area contributed by atoms with Gasteiger partial charge in [-0.25, -0.2) is 4.68 Å². The number of aromatic nitrogens is 2. The van der Waals surface area contributed by atoms with Gasteiger partial charge in [0.15, 0.2) is 0 Å². The van der Waals surface area contributed by atoms with Crippen molar-refractivity contribution in [3.8, 4) is 5.69 Å². The molecule has 0 saturated carbocycles. The average Bonchev–Trinajstić information content (AvgIpc) is 3.27. The smallest absolute Gasteiger partial charge is 0.253 e. The Bertz CT molecular complexity index is 902. The first-order valence-electron chi connectivity index (χ1n) is 9.11. The van der Waals surface area contributed by atoms with Gasteiger partial charge in [-0.1, -0.05) is 30.3 Å². The summed E-state index contributed by atoms with van der Waals surface area (Å²) in [5, 5.41) is 7.35. The molecule has 0 bridgehead atoms. The number of hydrogen-bond acceptors (Lipinski definition) is 4. The van der Waals surface area contributed by atoms with Crippen LogP contribution in [0.3, 0.4) is 0 Å². The molecule has 0 atom stereocenters. The van der Waals surface area contributed by atoms with Crippen LogP contribution in [0.15, 0.2) is 67.0 Å². The summed E-state index contributed by atoms with van der Waals surface area (Å²) in [5.74, 6) is -0.0765. The molecule has 2 aromatic carbocycles. The van der Waals surface area contributed by atoms with E-state index in [1.807, 2.05) is 65.5 Å². The first kappa shape index (κ1) is 17.3. The molecule has 1 aromatic heterocycles. The number of carbonyl (C=O) groups excluding carboxylic acids is 1. The van der Waals surface area contributed by atoms with E-state index in [1.165, 1.54) is 0 Å². The summed E-state index contributed by atoms with van der Waals surface area (Å²) < 4.78 is 7.23. The molecule has 0 aliphatic carbocycles. The van der Waals surface area contributed by atoms with E-state index in [2.05, 4.69) is 15.3 Å². The summed E-state index contributed by atoms with van der Waals surface area (Å²) >= 11 is 0. The van der Waals surface area contributed by atoms with E-state index >= 15 is 0 Å². The zero-order chi connectivity index (χ0) is 18.5. The third kappa shape index (κ3) is 3.85. The monoisotopic (exact) mass is 362 g/mol. The highest BCUT2D eigenvalue weighted by Gasteiger charge is 2.18. The second-order valence-electron chi connectivity index (χ2n) is 6.38. The summed E-state index contributed by atoms with van der Waals surface area (Å²) in [6.45, 7) is 3.41. The van der Waals surface area contributed by atoms with E-state index in [9.17, 15) is 4.79 Å². The fourth-order valence-corrected chi connectivity index (χ4v) is 3.31. The van der Waals surface area contributed by atoms with E-state index in [4.69, 9.17) is 4.74 Å². The Hall–Kier alpha value is -3.12. The van der Waals surface area contributed by atoms with Crippen LogP contribution in [0.1, 0.15) is 15.9 Å². The predicted octanol–water partition coefficient (Wildman–Crippen LogP) is 2.64. The van der Waals surface area contributed by atoms with Crippen LogP contribution in [0, 0.1) is 0 Å². The van der Waals surface area contributed by atoms with E-state index in [-0.39, 0.29) is 5.91 Å². The van der Waals surface area contributed by atoms with Crippen LogP contribution in [-0.4, -0.2) is 42.0 Å². The molecule has 1 aliphatic rings. The van der Waals surface area contributed by atoms with Crippen LogP contribution >= 0.6 is 0 Å². The molecule has 0 unspecified atom stereocenters. The Labute approximate surface area is 158 Å². The molecule has 1 saturated heterocycles. The third-order valence-corrected chi connectivity index (χ3v) is 4.68. The van der Waals surface area contributed by atoms with Gasteiger partial charge in [-0.2, -0.15) is 5.10 Å². The van der Waals surface area contributed by atoms with Crippen molar-refractivity contribution in [1.82, 2.24) is 15.1 Å². The Morgan fingerprint density at radius 3 is 2.52 bits per heavy atom. The minimum Gasteiger partial charge on any atom is -0.378 e. The molecule has 6 nitrogen and oxygen atoms in total. The maximum absolute atomic E-state index is 12.9. The van der Waals surface area contributed by atoms with Crippen molar-refractivity contribution in [3.05, 3.63) is 78.1 Å². The van der Waals surface area contributed by atoms with Gasteiger partial charge in [0, 0.05) is 37.7 Å². The summed E-state index contributed by atoms with van der Waals surface area (Å²) in [4.78, 5) is 15.1. The molecule has 0 spiro atoms. The van der Waals surface area contributed by atoms with Gasteiger partial charge in [-0.3, -0.25) is 4.79 Å². The summed E-state index contributed by atoms with van der Waals surface area (Å²) in [5.41, 5.74) is 3.62. The van der Waals surface area contributed by atoms with Crippen LogP contribution in [0.5, 0.6) is 0 Å². The van der Waals surface area contributed by atoms with Crippen molar-refractivity contribution in [2.24, 2.45) is 0 Å². The highest BCUT2D eigenvalue weighted by Crippen LogP contribution is 2.22. The van der Waals surface area contributed by atoms with Crippen LogP contribution in [-0.2, 0) is 11.3 Å². The summed E-state index contributed by atoms with van der Waals surface area (Å²) in [7, 11) is 0. The molecule has 138 valence electrons. The number of amides is 1. The van der Waals surface area contributed by atoms with Crippen LogP contribution in [0.25, 0.3) is 5.69 Å². The van der Waals surface area contributed by atoms with E-state index < -0.39 is 0 Å². The van der Waals surface area contributed by atoms with Gasteiger partial charge in [0.1, 0.15) is 0 Å². The Kier molecular flexibility index (Phi) is 5.16. The number of benzene rings is 2. The number of hydrogen-bond donors (Lipinski definition) is 1. The Balaban J connectivity index is 1.51. The fraction of sp³-hybridized carbons (Fsp3) is 0.238. The molecule has 2 heterocycles. The lowest BCUT2D eigenvalue weighted by Gasteiger charge is -2.30. The van der Waals surface area contributed by atoms with Crippen LogP contribution in [0.4, 0.5) is 5.69 Å². The second kappa shape index (κ2) is 8.05. The summed E-state index contributed by atoms with van der Waals surface area (Å²) in [6, 6.07) is 17.6. The lowest BCUT2D eigenvalue weighted by atomic mass is 10.1. The molecule has 0 radical (unpaired) electrons. The number of nitrogens with one attached hydrogen (secondary N) is 1. The molecular weight excluding hydrogens is 340 g/mol. The SMILES string of the molecule is O=C(NCc1ccccc1-n1cccn1)c1ccccc1N1CCOCC1. The van der Waals surface area contributed by atoms with Gasteiger partial charge in [0.2, 0.25) is 0 Å². The van der Waals surface area contributed by atoms with Gasteiger partial charge in [0.05, 0.1) is 24.5 Å². The molecule has 1 fully saturated rings. The number of rotatable bonds is 5. The topological polar surface area (TPSA) is 59.4 Å². The van der Waals surface area contributed by atoms with Crippen molar-refractivity contribution in [1.29, 1.82) is 0 Å². The Morgan fingerprint density at radius 2 is 1.74 bits per heavy atom. The number of morpholine rings is 1. The van der Waals surface area contributed by atoms with Gasteiger partial charge >= 0.3 is 0 Å². The third-order valence-electron chi connectivity index (χ3n) is 4.68. The second-order valence-corrected chi connectivity index (χ2v) is 6.38. The highest BCUT2D eigenvalue weighted by atomic mass is 16.5. The number of ether oxygens (including phenoxy) is 1. The minimum absolute atomic E-state index is 0.0765. The maximum Gasteiger partial charge on any atom is 0.253 e. The van der Waals surface area contributed by atoms with Crippen molar-refractivity contribution in [2.45, 2.75) is 6.54 Å². The minimum atomic E-state index is -0.0765. The fourth-order valence-electron chi connectivity index (χ4n) is 3.31. The Morgan fingerprint density at radius 1 is 1.00 bits per heavy atom. The van der Waals surface area contributed by atoms with Crippen molar-refractivity contribution in [2.75, 3.05) is 31.2 Å². The lowest BCUT2D eigenvalue weighted by molar-refractivity contribution is 0.0949. The maximum atomic E-state index is 12.9. The zero-order valence-electron chi connectivity index (χ0n) is 15.0. The quantitative estimate of drug-likeness (QED) is 0.758.